The number of fused-ring (bicyclic) bond motifs is 6. The minimum atomic E-state index is -1.26. The van der Waals surface area contributed by atoms with Crippen LogP contribution in [0, 0.1) is 11.3 Å². The second kappa shape index (κ2) is 9.58. The molecule has 2 aromatic heterocycles. The van der Waals surface area contributed by atoms with E-state index in [0.29, 0.717) is 44.1 Å². The van der Waals surface area contributed by atoms with Gasteiger partial charge in [-0.05, 0) is 25.1 Å². The van der Waals surface area contributed by atoms with Crippen LogP contribution in [0.15, 0.2) is 54.7 Å². The van der Waals surface area contributed by atoms with E-state index in [4.69, 9.17) is 25.8 Å². The Morgan fingerprint density at radius 2 is 1.90 bits per heavy atom. The summed E-state index contributed by atoms with van der Waals surface area (Å²) in [6.07, 6.45) is 0.679. The summed E-state index contributed by atoms with van der Waals surface area (Å²) in [6.45, 7) is 1.90. The van der Waals surface area contributed by atoms with Gasteiger partial charge in [-0.25, -0.2) is 9.78 Å². The molecule has 210 valence electrons. The SMILES string of the molecule is CN(C)C(=O)O[C@H]1CC2(CCOc3ccc(Cl)cn3)OC1(C)c1c2c(O)n(-c2ccc(C#N)c3ccccc23)c1O. The van der Waals surface area contributed by atoms with Crippen molar-refractivity contribution >= 4 is 28.5 Å². The normalized spacial score (nSPS) is 22.4. The first-order valence-electron chi connectivity index (χ1n) is 13.0. The van der Waals surface area contributed by atoms with Crippen molar-refractivity contribution in [3.05, 3.63) is 76.4 Å². The van der Waals surface area contributed by atoms with Crippen LogP contribution < -0.4 is 4.74 Å². The third kappa shape index (κ3) is 4.04. The van der Waals surface area contributed by atoms with E-state index in [1.54, 1.807) is 45.3 Å². The van der Waals surface area contributed by atoms with Crippen molar-refractivity contribution in [2.45, 2.75) is 37.1 Å². The van der Waals surface area contributed by atoms with Crippen LogP contribution in [0.4, 0.5) is 4.79 Å². The number of halogens is 1. The predicted octanol–water partition coefficient (Wildman–Crippen LogP) is 5.34. The van der Waals surface area contributed by atoms with Crippen LogP contribution >= 0.6 is 11.6 Å². The van der Waals surface area contributed by atoms with E-state index in [1.165, 1.54) is 15.7 Å². The number of nitrogens with zero attached hydrogens (tertiary/aromatic N) is 4. The average Bonchev–Trinajstić information content (AvgIpc) is 3.50. The molecule has 0 saturated carbocycles. The Balaban J connectivity index is 1.47. The molecule has 6 rings (SSSR count). The quantitative estimate of drug-likeness (QED) is 0.315. The maximum atomic E-state index is 12.6. The number of nitriles is 1. The summed E-state index contributed by atoms with van der Waals surface area (Å²) in [7, 11) is 3.17. The van der Waals surface area contributed by atoms with Gasteiger partial charge in [0.05, 0.1) is 40.1 Å². The lowest BCUT2D eigenvalue weighted by molar-refractivity contribution is -0.109. The minimum absolute atomic E-state index is 0.156. The van der Waals surface area contributed by atoms with Crippen LogP contribution in [-0.4, -0.2) is 57.6 Å². The van der Waals surface area contributed by atoms with E-state index < -0.39 is 23.4 Å². The van der Waals surface area contributed by atoms with Crippen molar-refractivity contribution in [1.82, 2.24) is 14.5 Å². The molecular formula is C30H27ClN4O6. The molecule has 2 N–H and O–H groups in total. The molecule has 4 heterocycles. The van der Waals surface area contributed by atoms with Gasteiger partial charge in [0.15, 0.2) is 0 Å². The van der Waals surface area contributed by atoms with E-state index in [9.17, 15) is 20.3 Å². The van der Waals surface area contributed by atoms with Crippen LogP contribution in [0.1, 0.15) is 36.5 Å². The van der Waals surface area contributed by atoms with Gasteiger partial charge < -0.3 is 29.3 Å². The van der Waals surface area contributed by atoms with Gasteiger partial charge in [-0.1, -0.05) is 35.9 Å². The molecule has 2 aliphatic rings. The first kappa shape index (κ1) is 26.7. The molecule has 2 aromatic carbocycles. The lowest BCUT2D eigenvalue weighted by Gasteiger charge is -2.30. The highest BCUT2D eigenvalue weighted by molar-refractivity contribution is 6.30. The highest BCUT2D eigenvalue weighted by Gasteiger charge is 2.67. The van der Waals surface area contributed by atoms with Crippen molar-refractivity contribution < 1.29 is 29.2 Å². The Morgan fingerprint density at radius 3 is 2.59 bits per heavy atom. The monoisotopic (exact) mass is 574 g/mol. The van der Waals surface area contributed by atoms with Crippen LogP contribution in [0.5, 0.6) is 17.6 Å². The molecule has 4 aromatic rings. The van der Waals surface area contributed by atoms with E-state index in [-0.39, 0.29) is 31.2 Å². The summed E-state index contributed by atoms with van der Waals surface area (Å²) in [6, 6.07) is 16.1. The highest BCUT2D eigenvalue weighted by atomic mass is 35.5. The van der Waals surface area contributed by atoms with Gasteiger partial charge in [0, 0.05) is 50.0 Å². The van der Waals surface area contributed by atoms with Gasteiger partial charge in [-0.15, -0.1) is 0 Å². The van der Waals surface area contributed by atoms with E-state index in [2.05, 4.69) is 11.1 Å². The van der Waals surface area contributed by atoms with Gasteiger partial charge in [0.25, 0.3) is 0 Å². The van der Waals surface area contributed by atoms with Gasteiger partial charge in [-0.2, -0.15) is 5.26 Å². The molecule has 10 nitrogen and oxygen atoms in total. The molecule has 1 fully saturated rings. The number of aromatic nitrogens is 2. The van der Waals surface area contributed by atoms with Crippen molar-refractivity contribution in [3.63, 3.8) is 0 Å². The second-order valence-corrected chi connectivity index (χ2v) is 11.0. The topological polar surface area (TPSA) is 130 Å². The van der Waals surface area contributed by atoms with Crippen molar-refractivity contribution in [1.29, 1.82) is 5.26 Å². The average molecular weight is 575 g/mol. The third-order valence-corrected chi connectivity index (χ3v) is 8.16. The van der Waals surface area contributed by atoms with E-state index >= 15 is 0 Å². The molecule has 3 atom stereocenters. The standard InChI is InChI=1S/C30H27ClN4O6/c1-29-22(40-28(38)34(2)3)14-30(41-29,12-13-39-23-11-9-18(31)16-33-23)25-24(29)26(36)35(27(25)37)21-10-8-17(15-32)19-6-4-5-7-20(19)21/h4-11,16,22,36-37H,12-14H2,1-3H3/t22-,29?,30?/m0/s1. The Bertz CT molecular complexity index is 1730. The van der Waals surface area contributed by atoms with Crippen molar-refractivity contribution in [2.24, 2.45) is 0 Å². The van der Waals surface area contributed by atoms with Gasteiger partial charge in [0.1, 0.15) is 17.3 Å². The fourth-order valence-corrected chi connectivity index (χ4v) is 6.16. The highest BCUT2D eigenvalue weighted by Crippen LogP contribution is 2.66. The van der Waals surface area contributed by atoms with Gasteiger partial charge in [0.2, 0.25) is 17.6 Å². The molecule has 0 aliphatic carbocycles. The molecule has 11 heteroatoms. The smallest absolute Gasteiger partial charge is 0.409 e. The number of amides is 1. The largest absolute Gasteiger partial charge is 0.494 e. The number of aromatic hydroxyl groups is 2. The van der Waals surface area contributed by atoms with Crippen LogP contribution in [0.3, 0.4) is 0 Å². The van der Waals surface area contributed by atoms with E-state index in [1.807, 2.05) is 24.3 Å². The van der Waals surface area contributed by atoms with Gasteiger partial charge >= 0.3 is 6.09 Å². The summed E-state index contributed by atoms with van der Waals surface area (Å²) in [5, 5.41) is 34.9. The number of benzene rings is 2. The molecular weight excluding hydrogens is 548 g/mol. The minimum Gasteiger partial charge on any atom is -0.494 e. The number of ether oxygens (including phenoxy) is 3. The Hall–Kier alpha value is -4.46. The molecule has 2 aliphatic heterocycles. The maximum absolute atomic E-state index is 12.6. The number of carbonyl (C=O) groups excluding carboxylic acids is 1. The summed E-state index contributed by atoms with van der Waals surface area (Å²) < 4.78 is 19.7. The molecule has 2 unspecified atom stereocenters. The summed E-state index contributed by atoms with van der Waals surface area (Å²) in [5.41, 5.74) is -0.673. The summed E-state index contributed by atoms with van der Waals surface area (Å²) in [5.74, 6) is -0.0604. The zero-order chi connectivity index (χ0) is 29.1. The zero-order valence-corrected chi connectivity index (χ0v) is 23.3. The Morgan fingerprint density at radius 1 is 1.17 bits per heavy atom. The third-order valence-electron chi connectivity index (χ3n) is 7.94. The maximum Gasteiger partial charge on any atom is 0.409 e. The first-order valence-corrected chi connectivity index (χ1v) is 13.4. The van der Waals surface area contributed by atoms with Crippen molar-refractivity contribution in [3.8, 4) is 29.4 Å². The number of hydrogen-bond acceptors (Lipinski definition) is 8. The van der Waals surface area contributed by atoms with Crippen LogP contribution in [-0.2, 0) is 20.7 Å². The number of carbonyl (C=O) groups is 1. The first-order chi connectivity index (χ1) is 19.6. The molecule has 0 radical (unpaired) electrons. The predicted molar refractivity (Wildman–Crippen MR) is 149 cm³/mol. The number of rotatable bonds is 6. The summed E-state index contributed by atoms with van der Waals surface area (Å²) in [4.78, 5) is 18.1. The summed E-state index contributed by atoms with van der Waals surface area (Å²) >= 11 is 5.94. The molecule has 0 spiro atoms. The fourth-order valence-electron chi connectivity index (χ4n) is 6.05. The number of pyridine rings is 1. The molecule has 1 amide bonds. The second-order valence-electron chi connectivity index (χ2n) is 10.6. The van der Waals surface area contributed by atoms with Crippen molar-refractivity contribution in [2.75, 3.05) is 20.7 Å². The Labute approximate surface area is 240 Å². The Kier molecular flexibility index (Phi) is 6.25. The zero-order valence-electron chi connectivity index (χ0n) is 22.6. The lowest BCUT2D eigenvalue weighted by Crippen LogP contribution is -2.39. The van der Waals surface area contributed by atoms with Crippen LogP contribution in [0.2, 0.25) is 5.02 Å². The molecule has 41 heavy (non-hydrogen) atoms. The van der Waals surface area contributed by atoms with Gasteiger partial charge in [-0.3, -0.25) is 4.57 Å². The lowest BCUT2D eigenvalue weighted by atomic mass is 9.76. The number of hydrogen-bond donors (Lipinski definition) is 2. The molecule has 2 bridgehead atoms. The van der Waals surface area contributed by atoms with Crippen LogP contribution in [0.25, 0.3) is 16.5 Å². The molecule has 1 saturated heterocycles. The van der Waals surface area contributed by atoms with E-state index in [0.717, 1.165) is 0 Å². The fraction of sp³-hybridized carbons (Fsp3) is 0.300.